The molecule has 15 heavy (non-hydrogen) atoms. The standard InChI is InChI=1S/C12H20N2S/c1-4-13-7-10-11(8(2)3)14-12(15-10)9-5-6-9/h8-9,13H,4-7H2,1-3H3. The van der Waals surface area contributed by atoms with E-state index >= 15 is 0 Å². The first-order valence-electron chi connectivity index (χ1n) is 5.92. The van der Waals surface area contributed by atoms with Gasteiger partial charge in [-0.3, -0.25) is 0 Å². The Bertz CT molecular complexity index is 326. The molecular weight excluding hydrogens is 204 g/mol. The van der Waals surface area contributed by atoms with Crippen LogP contribution in [0.2, 0.25) is 0 Å². The number of hydrogen-bond donors (Lipinski definition) is 1. The molecule has 0 spiro atoms. The highest BCUT2D eigenvalue weighted by molar-refractivity contribution is 7.11. The van der Waals surface area contributed by atoms with E-state index in [1.165, 1.54) is 28.4 Å². The largest absolute Gasteiger partial charge is 0.312 e. The molecule has 0 saturated heterocycles. The van der Waals surface area contributed by atoms with Gasteiger partial charge in [-0.1, -0.05) is 20.8 Å². The Morgan fingerprint density at radius 2 is 2.20 bits per heavy atom. The van der Waals surface area contributed by atoms with Gasteiger partial charge in [0.05, 0.1) is 10.7 Å². The monoisotopic (exact) mass is 224 g/mol. The summed E-state index contributed by atoms with van der Waals surface area (Å²) in [5.41, 5.74) is 1.32. The van der Waals surface area contributed by atoms with Gasteiger partial charge in [0.2, 0.25) is 0 Å². The van der Waals surface area contributed by atoms with Crippen LogP contribution in [-0.2, 0) is 6.54 Å². The fourth-order valence-corrected chi connectivity index (χ4v) is 3.06. The first-order valence-corrected chi connectivity index (χ1v) is 6.74. The number of aromatic nitrogens is 1. The zero-order valence-electron chi connectivity index (χ0n) is 9.84. The summed E-state index contributed by atoms with van der Waals surface area (Å²) in [6, 6.07) is 0. The average Bonchev–Trinajstić information content (AvgIpc) is 2.96. The third-order valence-electron chi connectivity index (χ3n) is 2.75. The van der Waals surface area contributed by atoms with Gasteiger partial charge in [-0.15, -0.1) is 11.3 Å². The summed E-state index contributed by atoms with van der Waals surface area (Å²) in [5, 5.41) is 4.78. The second kappa shape index (κ2) is 4.62. The quantitative estimate of drug-likeness (QED) is 0.830. The molecule has 0 bridgehead atoms. The molecule has 2 rings (SSSR count). The molecule has 1 N–H and O–H groups in total. The summed E-state index contributed by atoms with van der Waals surface area (Å²) in [4.78, 5) is 6.26. The second-order valence-electron chi connectivity index (χ2n) is 4.57. The maximum absolute atomic E-state index is 4.80. The van der Waals surface area contributed by atoms with Crippen molar-refractivity contribution in [2.75, 3.05) is 6.54 Å². The fraction of sp³-hybridized carbons (Fsp3) is 0.750. The molecule has 0 amide bonds. The molecule has 0 unspecified atom stereocenters. The van der Waals surface area contributed by atoms with Crippen molar-refractivity contribution >= 4 is 11.3 Å². The lowest BCUT2D eigenvalue weighted by atomic mass is 10.1. The molecule has 1 aliphatic carbocycles. The predicted molar refractivity (Wildman–Crippen MR) is 65.6 cm³/mol. The topological polar surface area (TPSA) is 24.9 Å². The van der Waals surface area contributed by atoms with Crippen molar-refractivity contribution in [3.05, 3.63) is 15.6 Å². The molecule has 84 valence electrons. The first-order chi connectivity index (χ1) is 7.22. The Balaban J connectivity index is 2.16. The number of nitrogens with one attached hydrogen (secondary N) is 1. The van der Waals surface area contributed by atoms with E-state index < -0.39 is 0 Å². The van der Waals surface area contributed by atoms with E-state index in [1.807, 2.05) is 11.3 Å². The Morgan fingerprint density at radius 3 is 2.73 bits per heavy atom. The van der Waals surface area contributed by atoms with Crippen LogP contribution in [-0.4, -0.2) is 11.5 Å². The van der Waals surface area contributed by atoms with Crippen LogP contribution in [0.5, 0.6) is 0 Å². The molecule has 2 nitrogen and oxygen atoms in total. The van der Waals surface area contributed by atoms with Crippen molar-refractivity contribution in [2.45, 2.75) is 52.0 Å². The van der Waals surface area contributed by atoms with Crippen molar-refractivity contribution in [3.63, 3.8) is 0 Å². The average molecular weight is 224 g/mol. The lowest BCUT2D eigenvalue weighted by molar-refractivity contribution is 0.713. The molecule has 1 heterocycles. The third kappa shape index (κ3) is 2.58. The Labute approximate surface area is 96.1 Å². The maximum Gasteiger partial charge on any atom is 0.0962 e. The van der Waals surface area contributed by atoms with Gasteiger partial charge >= 0.3 is 0 Å². The minimum atomic E-state index is 0.558. The number of hydrogen-bond acceptors (Lipinski definition) is 3. The zero-order chi connectivity index (χ0) is 10.8. The summed E-state index contributed by atoms with van der Waals surface area (Å²) in [6.45, 7) is 8.66. The summed E-state index contributed by atoms with van der Waals surface area (Å²) in [6.07, 6.45) is 2.71. The second-order valence-corrected chi connectivity index (χ2v) is 5.69. The van der Waals surface area contributed by atoms with Crippen LogP contribution in [0.4, 0.5) is 0 Å². The van der Waals surface area contributed by atoms with E-state index in [0.29, 0.717) is 5.92 Å². The SMILES string of the molecule is CCNCc1sc(C2CC2)nc1C(C)C. The van der Waals surface area contributed by atoms with Crippen LogP contribution in [0.3, 0.4) is 0 Å². The van der Waals surface area contributed by atoms with Crippen molar-refractivity contribution in [1.82, 2.24) is 10.3 Å². The van der Waals surface area contributed by atoms with E-state index in [4.69, 9.17) is 4.98 Å². The summed E-state index contributed by atoms with van der Waals surface area (Å²) in [7, 11) is 0. The van der Waals surface area contributed by atoms with E-state index in [-0.39, 0.29) is 0 Å². The van der Waals surface area contributed by atoms with Crippen LogP contribution in [0.15, 0.2) is 0 Å². The Morgan fingerprint density at radius 1 is 1.47 bits per heavy atom. The van der Waals surface area contributed by atoms with Crippen molar-refractivity contribution in [3.8, 4) is 0 Å². The van der Waals surface area contributed by atoms with E-state index in [1.54, 1.807) is 0 Å². The lowest BCUT2D eigenvalue weighted by Crippen LogP contribution is -2.12. The van der Waals surface area contributed by atoms with Gasteiger partial charge in [0.1, 0.15) is 0 Å². The smallest absolute Gasteiger partial charge is 0.0962 e. The molecule has 0 radical (unpaired) electrons. The van der Waals surface area contributed by atoms with Crippen molar-refractivity contribution in [2.24, 2.45) is 0 Å². The van der Waals surface area contributed by atoms with E-state index in [2.05, 4.69) is 26.1 Å². The van der Waals surface area contributed by atoms with Gasteiger partial charge in [0.15, 0.2) is 0 Å². The molecule has 1 fully saturated rings. The van der Waals surface area contributed by atoms with Crippen LogP contribution < -0.4 is 5.32 Å². The number of rotatable bonds is 5. The Kier molecular flexibility index (Phi) is 3.42. The summed E-state index contributed by atoms with van der Waals surface area (Å²) >= 11 is 1.92. The molecule has 1 aromatic heterocycles. The molecule has 0 aliphatic heterocycles. The van der Waals surface area contributed by atoms with Gasteiger partial charge in [0, 0.05) is 17.3 Å². The highest BCUT2D eigenvalue weighted by Crippen LogP contribution is 2.43. The van der Waals surface area contributed by atoms with Crippen LogP contribution in [0.1, 0.15) is 61.0 Å². The van der Waals surface area contributed by atoms with Crippen molar-refractivity contribution < 1.29 is 0 Å². The summed E-state index contributed by atoms with van der Waals surface area (Å²) in [5.74, 6) is 1.35. The highest BCUT2D eigenvalue weighted by Gasteiger charge is 2.28. The zero-order valence-corrected chi connectivity index (χ0v) is 10.7. The highest BCUT2D eigenvalue weighted by atomic mass is 32.1. The minimum absolute atomic E-state index is 0.558. The molecule has 1 aromatic rings. The molecule has 0 atom stereocenters. The van der Waals surface area contributed by atoms with Gasteiger partial charge < -0.3 is 5.32 Å². The first kappa shape index (κ1) is 11.1. The fourth-order valence-electron chi connectivity index (χ4n) is 1.70. The normalized spacial score (nSPS) is 16.3. The number of thiazole rings is 1. The third-order valence-corrected chi connectivity index (χ3v) is 3.99. The van der Waals surface area contributed by atoms with E-state index in [9.17, 15) is 0 Å². The van der Waals surface area contributed by atoms with Crippen LogP contribution in [0.25, 0.3) is 0 Å². The lowest BCUT2D eigenvalue weighted by Gasteiger charge is -2.04. The van der Waals surface area contributed by atoms with Crippen molar-refractivity contribution in [1.29, 1.82) is 0 Å². The maximum atomic E-state index is 4.80. The van der Waals surface area contributed by atoms with Gasteiger partial charge in [-0.2, -0.15) is 0 Å². The van der Waals surface area contributed by atoms with E-state index in [0.717, 1.165) is 19.0 Å². The molecular formula is C12H20N2S. The van der Waals surface area contributed by atoms with Gasteiger partial charge in [0.25, 0.3) is 0 Å². The Hall–Kier alpha value is -0.410. The minimum Gasteiger partial charge on any atom is -0.312 e. The molecule has 3 heteroatoms. The molecule has 1 aliphatic rings. The molecule has 1 saturated carbocycles. The van der Waals surface area contributed by atoms with Gasteiger partial charge in [-0.25, -0.2) is 4.98 Å². The number of nitrogens with zero attached hydrogens (tertiary/aromatic N) is 1. The summed E-state index contributed by atoms with van der Waals surface area (Å²) < 4.78 is 0. The molecule has 0 aromatic carbocycles. The predicted octanol–water partition coefficient (Wildman–Crippen LogP) is 3.25. The van der Waals surface area contributed by atoms with Crippen LogP contribution in [0, 0.1) is 0 Å². The van der Waals surface area contributed by atoms with Crippen LogP contribution >= 0.6 is 11.3 Å². The van der Waals surface area contributed by atoms with Gasteiger partial charge in [-0.05, 0) is 25.3 Å².